The highest BCUT2D eigenvalue weighted by atomic mass is 16.5. The second-order valence-electron chi connectivity index (χ2n) is 8.64. The predicted octanol–water partition coefficient (Wildman–Crippen LogP) is 4.61. The van der Waals surface area contributed by atoms with E-state index in [-0.39, 0.29) is 23.6 Å². The van der Waals surface area contributed by atoms with E-state index in [9.17, 15) is 9.59 Å². The average molecular weight is 445 g/mol. The van der Waals surface area contributed by atoms with E-state index in [0.717, 1.165) is 24.1 Å². The molecular formula is C24H36N4O4. The van der Waals surface area contributed by atoms with Crippen LogP contribution < -0.4 is 10.6 Å². The van der Waals surface area contributed by atoms with Gasteiger partial charge in [0.1, 0.15) is 5.65 Å². The number of nitrogens with zero attached hydrogens (tertiary/aromatic N) is 2. The Kier molecular flexibility index (Phi) is 9.26. The number of hydrogen-bond donors (Lipinski definition) is 2. The molecule has 0 saturated heterocycles. The third-order valence-corrected chi connectivity index (χ3v) is 5.07. The number of fused-ring (bicyclic) bond motifs is 1. The van der Waals surface area contributed by atoms with Crippen molar-refractivity contribution in [3.63, 3.8) is 0 Å². The van der Waals surface area contributed by atoms with Crippen molar-refractivity contribution >= 4 is 34.3 Å². The molecule has 0 fully saturated rings. The number of aromatic nitrogens is 2. The minimum absolute atomic E-state index is 0.163. The third-order valence-electron chi connectivity index (χ3n) is 5.07. The zero-order valence-corrected chi connectivity index (χ0v) is 20.1. The summed E-state index contributed by atoms with van der Waals surface area (Å²) in [6.45, 7) is 12.8. The Morgan fingerprint density at radius 3 is 2.56 bits per heavy atom. The molecule has 2 N–H and O–H groups in total. The van der Waals surface area contributed by atoms with E-state index in [2.05, 4.69) is 29.1 Å². The lowest BCUT2D eigenvalue weighted by Gasteiger charge is -2.15. The van der Waals surface area contributed by atoms with Crippen LogP contribution in [0.2, 0.25) is 0 Å². The summed E-state index contributed by atoms with van der Waals surface area (Å²) < 4.78 is 12.0. The Bertz CT molecular complexity index is 965. The number of anilines is 2. The molecule has 8 heteroatoms. The standard InChI is InChI=1S/C24H36N4O4/c1-15(2)8-9-17(5)26-18-13-19-21(27-20(29)12-16(3)4)22(24(30)32-7)28(10-11-31-6)23(19)25-14-18/h13-14,16-17,26H,1,8-12H2,2-7H3,(H,27,29)/t17-/m0/s1. The van der Waals surface area contributed by atoms with Crippen molar-refractivity contribution in [2.24, 2.45) is 5.92 Å². The Morgan fingerprint density at radius 1 is 1.25 bits per heavy atom. The summed E-state index contributed by atoms with van der Waals surface area (Å²) >= 11 is 0. The zero-order chi connectivity index (χ0) is 23.8. The van der Waals surface area contributed by atoms with E-state index in [4.69, 9.17) is 9.47 Å². The topological polar surface area (TPSA) is 94.5 Å². The van der Waals surface area contributed by atoms with Crippen molar-refractivity contribution in [1.82, 2.24) is 9.55 Å². The Labute approximate surface area is 190 Å². The first-order valence-electron chi connectivity index (χ1n) is 11.0. The number of pyridine rings is 1. The summed E-state index contributed by atoms with van der Waals surface area (Å²) in [4.78, 5) is 30.0. The minimum Gasteiger partial charge on any atom is -0.464 e. The predicted molar refractivity (Wildman–Crippen MR) is 128 cm³/mol. The summed E-state index contributed by atoms with van der Waals surface area (Å²) in [6, 6.07) is 2.13. The molecule has 0 bridgehead atoms. The van der Waals surface area contributed by atoms with Crippen LogP contribution in [0, 0.1) is 5.92 Å². The Hall–Kier alpha value is -2.87. The number of ether oxygens (including phenoxy) is 2. The fourth-order valence-electron chi connectivity index (χ4n) is 3.52. The van der Waals surface area contributed by atoms with Crippen LogP contribution in [0.15, 0.2) is 24.4 Å². The molecule has 8 nitrogen and oxygen atoms in total. The fourth-order valence-corrected chi connectivity index (χ4v) is 3.52. The molecule has 176 valence electrons. The molecule has 2 aromatic heterocycles. The van der Waals surface area contributed by atoms with Crippen molar-refractivity contribution in [3.05, 3.63) is 30.1 Å². The maximum atomic E-state index is 12.7. The lowest BCUT2D eigenvalue weighted by atomic mass is 10.1. The molecule has 0 spiro atoms. The van der Waals surface area contributed by atoms with Gasteiger partial charge in [-0.25, -0.2) is 9.78 Å². The maximum Gasteiger partial charge on any atom is 0.356 e. The molecule has 32 heavy (non-hydrogen) atoms. The third kappa shape index (κ3) is 6.56. The van der Waals surface area contributed by atoms with Crippen molar-refractivity contribution in [2.45, 2.75) is 59.5 Å². The average Bonchev–Trinajstić information content (AvgIpc) is 3.02. The van der Waals surface area contributed by atoms with E-state index < -0.39 is 5.97 Å². The molecule has 0 aromatic carbocycles. The normalized spacial score (nSPS) is 12.1. The number of methoxy groups -OCH3 is 2. The van der Waals surface area contributed by atoms with Gasteiger partial charge in [-0.3, -0.25) is 4.79 Å². The van der Waals surface area contributed by atoms with Crippen LogP contribution in [0.5, 0.6) is 0 Å². The molecule has 0 saturated carbocycles. The highest BCUT2D eigenvalue weighted by molar-refractivity contribution is 6.11. The summed E-state index contributed by atoms with van der Waals surface area (Å²) in [5.41, 5.74) is 3.21. The minimum atomic E-state index is -0.539. The van der Waals surface area contributed by atoms with Crippen molar-refractivity contribution in [1.29, 1.82) is 0 Å². The molecule has 0 aliphatic rings. The number of carbonyl (C=O) groups excluding carboxylic acids is 2. The van der Waals surface area contributed by atoms with Gasteiger partial charge in [-0.2, -0.15) is 0 Å². The molecule has 2 aromatic rings. The van der Waals surface area contributed by atoms with Crippen molar-refractivity contribution in [2.75, 3.05) is 31.5 Å². The van der Waals surface area contributed by atoms with Gasteiger partial charge in [0.2, 0.25) is 5.91 Å². The van der Waals surface area contributed by atoms with E-state index in [1.807, 2.05) is 26.8 Å². The van der Waals surface area contributed by atoms with E-state index >= 15 is 0 Å². The molecule has 0 unspecified atom stereocenters. The number of amides is 1. The molecule has 0 radical (unpaired) electrons. The highest BCUT2D eigenvalue weighted by Gasteiger charge is 2.26. The van der Waals surface area contributed by atoms with Crippen LogP contribution in [0.3, 0.4) is 0 Å². The Balaban J connectivity index is 2.54. The van der Waals surface area contributed by atoms with Crippen LogP contribution in [0.4, 0.5) is 11.4 Å². The molecule has 1 amide bonds. The smallest absolute Gasteiger partial charge is 0.356 e. The van der Waals surface area contributed by atoms with Gasteiger partial charge >= 0.3 is 5.97 Å². The number of rotatable bonds is 12. The lowest BCUT2D eigenvalue weighted by molar-refractivity contribution is -0.116. The second-order valence-corrected chi connectivity index (χ2v) is 8.64. The quantitative estimate of drug-likeness (QED) is 0.367. The summed E-state index contributed by atoms with van der Waals surface area (Å²) in [7, 11) is 2.92. The van der Waals surface area contributed by atoms with Crippen molar-refractivity contribution < 1.29 is 19.1 Å². The number of esters is 1. The van der Waals surface area contributed by atoms with Gasteiger partial charge < -0.3 is 24.7 Å². The first-order chi connectivity index (χ1) is 15.2. The van der Waals surface area contributed by atoms with Crippen LogP contribution in [0.1, 0.15) is 57.4 Å². The maximum absolute atomic E-state index is 12.7. The largest absolute Gasteiger partial charge is 0.464 e. The van der Waals surface area contributed by atoms with Crippen molar-refractivity contribution in [3.8, 4) is 0 Å². The number of nitrogens with one attached hydrogen (secondary N) is 2. The molecular weight excluding hydrogens is 408 g/mol. The summed E-state index contributed by atoms with van der Waals surface area (Å²) in [5, 5.41) is 7.06. The van der Waals surface area contributed by atoms with Crippen LogP contribution in [0.25, 0.3) is 11.0 Å². The first-order valence-corrected chi connectivity index (χ1v) is 11.0. The van der Waals surface area contributed by atoms with Gasteiger partial charge in [0.15, 0.2) is 5.69 Å². The van der Waals surface area contributed by atoms with Gasteiger partial charge in [-0.1, -0.05) is 19.4 Å². The zero-order valence-electron chi connectivity index (χ0n) is 20.1. The van der Waals surface area contributed by atoms with E-state index in [1.165, 1.54) is 7.11 Å². The SMILES string of the molecule is C=C(C)CC[C@H](C)Nc1cnc2c(c1)c(NC(=O)CC(C)C)c(C(=O)OC)n2CCOC. The van der Waals surface area contributed by atoms with Gasteiger partial charge in [0, 0.05) is 31.5 Å². The van der Waals surface area contributed by atoms with E-state index in [1.54, 1.807) is 17.9 Å². The number of allylic oxidation sites excluding steroid dienone is 1. The lowest BCUT2D eigenvalue weighted by Crippen LogP contribution is -2.19. The second kappa shape index (κ2) is 11.7. The molecule has 1 atom stereocenters. The van der Waals surface area contributed by atoms with Gasteiger partial charge in [0.05, 0.1) is 31.3 Å². The summed E-state index contributed by atoms with van der Waals surface area (Å²) in [6.07, 6.45) is 3.95. The number of carbonyl (C=O) groups is 2. The first kappa shape index (κ1) is 25.4. The van der Waals surface area contributed by atoms with Crippen LogP contribution >= 0.6 is 0 Å². The van der Waals surface area contributed by atoms with Crippen LogP contribution in [-0.4, -0.2) is 48.3 Å². The highest BCUT2D eigenvalue weighted by Crippen LogP contribution is 2.33. The van der Waals surface area contributed by atoms with E-state index in [0.29, 0.717) is 36.3 Å². The molecule has 2 rings (SSSR count). The Morgan fingerprint density at radius 2 is 1.97 bits per heavy atom. The number of hydrogen-bond acceptors (Lipinski definition) is 6. The fraction of sp³-hybridized carbons (Fsp3) is 0.542. The summed E-state index contributed by atoms with van der Waals surface area (Å²) in [5.74, 6) is -0.518. The van der Waals surface area contributed by atoms with Gasteiger partial charge in [-0.15, -0.1) is 6.58 Å². The molecule has 0 aliphatic heterocycles. The van der Waals surface area contributed by atoms with Crippen LogP contribution in [-0.2, 0) is 20.8 Å². The monoisotopic (exact) mass is 444 g/mol. The van der Waals surface area contributed by atoms with Gasteiger partial charge in [-0.05, 0) is 38.7 Å². The molecule has 0 aliphatic carbocycles. The molecule has 2 heterocycles. The van der Waals surface area contributed by atoms with Gasteiger partial charge in [0.25, 0.3) is 0 Å².